The second kappa shape index (κ2) is 11.5. The van der Waals surface area contributed by atoms with Gasteiger partial charge in [0.1, 0.15) is 29.4 Å². The minimum atomic E-state index is -0.638. The Bertz CT molecular complexity index is 1820. The Hall–Kier alpha value is -4.51. The van der Waals surface area contributed by atoms with Crippen molar-refractivity contribution in [2.75, 3.05) is 50.8 Å². The Morgan fingerprint density at radius 3 is 2.82 bits per heavy atom. The largest absolute Gasteiger partial charge is 0.508 e. The van der Waals surface area contributed by atoms with E-state index in [2.05, 4.69) is 35.9 Å². The molecule has 2 aromatic carbocycles. The summed E-state index contributed by atoms with van der Waals surface area (Å²) in [5, 5.41) is 15.7. The molecule has 0 aliphatic carbocycles. The zero-order valence-corrected chi connectivity index (χ0v) is 24.5. The SMILES string of the molecule is [C-]#[N+]C1CCN(c2nc(OCC34CCCN3CCC4)nc3c(F)c(-c4cc(O)cc5cccc(C#C)c45)ncc23)CCNC1. The number of nitrogens with zero attached hydrogens (tertiary/aromatic N) is 6. The molecule has 4 aromatic rings. The summed E-state index contributed by atoms with van der Waals surface area (Å²) < 4.78 is 23.1. The Balaban J connectivity index is 1.37. The molecule has 2 aromatic heterocycles. The quantitative estimate of drug-likeness (QED) is 0.254. The molecule has 0 saturated carbocycles. The predicted octanol–water partition coefficient (Wildman–Crippen LogP) is 4.77. The Morgan fingerprint density at radius 1 is 1.18 bits per heavy atom. The molecule has 3 aliphatic heterocycles. The minimum Gasteiger partial charge on any atom is -0.508 e. The summed E-state index contributed by atoms with van der Waals surface area (Å²) in [4.78, 5) is 22.4. The van der Waals surface area contributed by atoms with Crippen LogP contribution in [0.15, 0.2) is 36.5 Å². The minimum absolute atomic E-state index is 0.0187. The van der Waals surface area contributed by atoms with Gasteiger partial charge in [-0.1, -0.05) is 18.1 Å². The molecular formula is C34H34FN7O2. The van der Waals surface area contributed by atoms with Crippen LogP contribution in [0.25, 0.3) is 37.8 Å². The molecule has 1 atom stereocenters. The van der Waals surface area contributed by atoms with Crippen molar-refractivity contribution < 1.29 is 14.2 Å². The van der Waals surface area contributed by atoms with Crippen molar-refractivity contribution in [2.24, 2.45) is 0 Å². The van der Waals surface area contributed by atoms with Gasteiger partial charge in [0, 0.05) is 48.8 Å². The molecule has 3 fully saturated rings. The number of nitrogens with one attached hydrogen (secondary N) is 1. The lowest BCUT2D eigenvalue weighted by molar-refractivity contribution is 0.108. The third-order valence-corrected chi connectivity index (χ3v) is 9.45. The summed E-state index contributed by atoms with van der Waals surface area (Å²) in [6.45, 7) is 12.7. The van der Waals surface area contributed by atoms with Gasteiger partial charge in [0.25, 0.3) is 0 Å². The highest BCUT2D eigenvalue weighted by molar-refractivity contribution is 6.02. The van der Waals surface area contributed by atoms with Crippen LogP contribution < -0.4 is 15.0 Å². The summed E-state index contributed by atoms with van der Waals surface area (Å²) in [6, 6.07) is 8.48. The fourth-order valence-corrected chi connectivity index (χ4v) is 7.22. The molecule has 2 N–H and O–H groups in total. The van der Waals surface area contributed by atoms with E-state index in [4.69, 9.17) is 22.7 Å². The first-order valence-corrected chi connectivity index (χ1v) is 15.3. The van der Waals surface area contributed by atoms with Crippen molar-refractivity contribution in [3.8, 4) is 35.4 Å². The lowest BCUT2D eigenvalue weighted by Gasteiger charge is -2.31. The van der Waals surface area contributed by atoms with Gasteiger partial charge in [-0.25, -0.2) is 11.0 Å². The van der Waals surface area contributed by atoms with Crippen LogP contribution in [0.1, 0.15) is 37.7 Å². The predicted molar refractivity (Wildman–Crippen MR) is 168 cm³/mol. The zero-order valence-electron chi connectivity index (χ0n) is 24.5. The van der Waals surface area contributed by atoms with Crippen LogP contribution in [0.5, 0.6) is 11.8 Å². The van der Waals surface area contributed by atoms with Crippen molar-refractivity contribution in [1.82, 2.24) is 25.2 Å². The number of halogens is 1. The average Bonchev–Trinajstić information content (AvgIpc) is 3.60. The van der Waals surface area contributed by atoms with Crippen molar-refractivity contribution in [3.05, 3.63) is 59.3 Å². The van der Waals surface area contributed by atoms with Crippen LogP contribution in [0.4, 0.5) is 10.2 Å². The number of ether oxygens (including phenoxy) is 1. The number of anilines is 1. The molecule has 44 heavy (non-hydrogen) atoms. The number of rotatable bonds is 5. The number of pyridine rings is 1. The molecule has 3 aliphatic rings. The summed E-state index contributed by atoms with van der Waals surface area (Å²) in [6.07, 6.45) is 12.5. The van der Waals surface area contributed by atoms with E-state index >= 15 is 4.39 Å². The number of terminal acetylenes is 1. The van der Waals surface area contributed by atoms with Crippen LogP contribution in [-0.4, -0.2) is 82.4 Å². The molecule has 5 heterocycles. The topological polar surface area (TPSA) is 91.0 Å². The number of aromatic nitrogens is 3. The van der Waals surface area contributed by atoms with Gasteiger partial charge in [0.05, 0.1) is 17.5 Å². The molecule has 7 rings (SSSR count). The summed E-state index contributed by atoms with van der Waals surface area (Å²) in [5.41, 5.74) is 1.06. The Morgan fingerprint density at radius 2 is 2.02 bits per heavy atom. The number of aromatic hydroxyl groups is 1. The van der Waals surface area contributed by atoms with Gasteiger partial charge in [-0.15, -0.1) is 6.42 Å². The molecule has 0 radical (unpaired) electrons. The molecule has 0 amide bonds. The molecule has 3 saturated heterocycles. The van der Waals surface area contributed by atoms with Gasteiger partial charge in [0.15, 0.2) is 5.82 Å². The first-order valence-electron chi connectivity index (χ1n) is 15.3. The number of hydrogen-bond acceptors (Lipinski definition) is 8. The van der Waals surface area contributed by atoms with E-state index in [1.165, 1.54) is 6.07 Å². The fourth-order valence-electron chi connectivity index (χ4n) is 7.22. The van der Waals surface area contributed by atoms with E-state index in [0.717, 1.165) is 38.8 Å². The van der Waals surface area contributed by atoms with Crippen LogP contribution >= 0.6 is 0 Å². The molecule has 1 unspecified atom stereocenters. The van der Waals surface area contributed by atoms with Crippen molar-refractivity contribution in [3.63, 3.8) is 0 Å². The van der Waals surface area contributed by atoms with Crippen molar-refractivity contribution in [1.29, 1.82) is 0 Å². The number of benzene rings is 2. The first-order chi connectivity index (χ1) is 21.5. The number of phenolic OH excluding ortho intramolecular Hbond substituents is 1. The second-order valence-corrected chi connectivity index (χ2v) is 12.0. The van der Waals surface area contributed by atoms with Gasteiger partial charge in [0.2, 0.25) is 6.04 Å². The lowest BCUT2D eigenvalue weighted by Crippen LogP contribution is -2.43. The highest BCUT2D eigenvalue weighted by Gasteiger charge is 2.45. The maximum Gasteiger partial charge on any atom is 0.319 e. The molecule has 10 heteroatoms. The van der Waals surface area contributed by atoms with Gasteiger partial charge >= 0.3 is 6.01 Å². The molecule has 0 bridgehead atoms. The van der Waals surface area contributed by atoms with Crippen LogP contribution in [0.3, 0.4) is 0 Å². The molecule has 224 valence electrons. The maximum atomic E-state index is 16.8. The van der Waals surface area contributed by atoms with E-state index in [9.17, 15) is 5.11 Å². The maximum absolute atomic E-state index is 16.8. The molecule has 9 nitrogen and oxygen atoms in total. The summed E-state index contributed by atoms with van der Waals surface area (Å²) in [7, 11) is 0. The third-order valence-electron chi connectivity index (χ3n) is 9.45. The van der Waals surface area contributed by atoms with E-state index in [1.807, 2.05) is 6.07 Å². The van der Waals surface area contributed by atoms with Crippen molar-refractivity contribution >= 4 is 27.5 Å². The van der Waals surface area contributed by atoms with E-state index in [-0.39, 0.29) is 34.6 Å². The smallest absolute Gasteiger partial charge is 0.319 e. The summed E-state index contributed by atoms with van der Waals surface area (Å²) >= 11 is 0. The average molecular weight is 592 g/mol. The zero-order chi connectivity index (χ0) is 30.3. The van der Waals surface area contributed by atoms with E-state index in [1.54, 1.807) is 24.4 Å². The number of phenols is 1. The van der Waals surface area contributed by atoms with Gasteiger partial charge in [-0.05, 0) is 62.4 Å². The lowest BCUT2D eigenvalue weighted by atomic mass is 9.95. The highest BCUT2D eigenvalue weighted by Crippen LogP contribution is 2.40. The third kappa shape index (κ3) is 4.94. The van der Waals surface area contributed by atoms with E-state index in [0.29, 0.717) is 72.3 Å². The number of fused-ring (bicyclic) bond motifs is 3. The summed E-state index contributed by atoms with van der Waals surface area (Å²) in [5.74, 6) is 2.56. The van der Waals surface area contributed by atoms with Crippen molar-refractivity contribution in [2.45, 2.75) is 43.7 Å². The highest BCUT2D eigenvalue weighted by atomic mass is 19.1. The normalized spacial score (nSPS) is 20.2. The van der Waals surface area contributed by atoms with Gasteiger partial charge < -0.3 is 24.9 Å². The molecule has 0 spiro atoms. The van der Waals surface area contributed by atoms with Gasteiger partial charge in [-0.3, -0.25) is 9.88 Å². The number of hydrogen-bond donors (Lipinski definition) is 2. The van der Waals surface area contributed by atoms with E-state index < -0.39 is 5.82 Å². The standard InChI is InChI=1S/C34H34FN7O2/c1-3-22-7-4-8-23-17-25(43)18-26(28(22)23)30-29(35)31-27(20-38-30)32(41-15-9-24(36-2)19-37-12-16-41)40-33(39-31)44-21-34-10-5-13-42(34)14-6-11-34/h1,4,7-8,17-18,20,24,37,43H,5-6,9-16,19,21H2. The van der Waals surface area contributed by atoms with Gasteiger partial charge in [-0.2, -0.15) is 9.97 Å². The van der Waals surface area contributed by atoms with Crippen LogP contribution in [0.2, 0.25) is 0 Å². The molecular weight excluding hydrogens is 557 g/mol. The monoisotopic (exact) mass is 591 g/mol. The Labute approximate surface area is 255 Å². The fraction of sp³-hybridized carbons (Fsp3) is 0.412. The first kappa shape index (κ1) is 28.3. The van der Waals surface area contributed by atoms with Crippen LogP contribution in [0, 0.1) is 24.7 Å². The van der Waals surface area contributed by atoms with Crippen LogP contribution in [-0.2, 0) is 0 Å². The second-order valence-electron chi connectivity index (χ2n) is 12.0. The Kier molecular flexibility index (Phi) is 7.41.